The summed E-state index contributed by atoms with van der Waals surface area (Å²) in [5.74, 6) is 0.267. The number of morpholine rings is 1. The Hall–Kier alpha value is -2.48. The number of nitrogens with zero attached hydrogens (tertiary/aromatic N) is 2. The van der Waals surface area contributed by atoms with Crippen LogP contribution >= 0.6 is 0 Å². The van der Waals surface area contributed by atoms with E-state index in [-0.39, 0.29) is 17.8 Å². The van der Waals surface area contributed by atoms with Crippen molar-refractivity contribution in [2.24, 2.45) is 0 Å². The van der Waals surface area contributed by atoms with E-state index < -0.39 is 5.60 Å². The molecule has 3 saturated heterocycles. The fourth-order valence-corrected chi connectivity index (χ4v) is 5.20. The number of likely N-dealkylation sites (tertiary alicyclic amines) is 1. The smallest absolute Gasteiger partial charge is 0.254 e. The summed E-state index contributed by atoms with van der Waals surface area (Å²) >= 11 is 0. The highest BCUT2D eigenvalue weighted by Crippen LogP contribution is 2.37. The normalized spacial score (nSPS) is 26.0. The molecule has 0 saturated carbocycles. The van der Waals surface area contributed by atoms with Gasteiger partial charge in [-0.1, -0.05) is 24.3 Å². The molecule has 0 bridgehead atoms. The van der Waals surface area contributed by atoms with Gasteiger partial charge in [0.15, 0.2) is 0 Å². The molecule has 33 heavy (non-hydrogen) atoms. The highest BCUT2D eigenvalue weighted by Gasteiger charge is 2.45. The van der Waals surface area contributed by atoms with E-state index in [1.54, 1.807) is 12.1 Å². The molecule has 0 aliphatic carbocycles. The molecule has 2 aromatic carbocycles. The molecule has 3 heterocycles. The maximum atomic E-state index is 13.6. The molecular formula is C26H31FN2O4. The molecule has 2 aromatic rings. The van der Waals surface area contributed by atoms with Crippen LogP contribution in [0.15, 0.2) is 48.5 Å². The average molecular weight is 455 g/mol. The molecule has 5 rings (SSSR count). The second-order valence-corrected chi connectivity index (χ2v) is 9.27. The zero-order valence-corrected chi connectivity index (χ0v) is 18.9. The minimum absolute atomic E-state index is 0.0658. The third kappa shape index (κ3) is 5.21. The summed E-state index contributed by atoms with van der Waals surface area (Å²) in [4.78, 5) is 17.8. The van der Waals surface area contributed by atoms with Gasteiger partial charge in [-0.2, -0.15) is 0 Å². The fourth-order valence-electron chi connectivity index (χ4n) is 5.20. The Morgan fingerprint density at radius 3 is 2.82 bits per heavy atom. The Bertz CT molecular complexity index is 980. The van der Waals surface area contributed by atoms with E-state index in [9.17, 15) is 9.18 Å². The van der Waals surface area contributed by atoms with Crippen LogP contribution in [0.1, 0.15) is 35.2 Å². The maximum absolute atomic E-state index is 13.6. The molecule has 1 amide bonds. The van der Waals surface area contributed by atoms with E-state index in [0.29, 0.717) is 25.3 Å². The van der Waals surface area contributed by atoms with Gasteiger partial charge in [-0.3, -0.25) is 9.69 Å². The van der Waals surface area contributed by atoms with E-state index >= 15 is 0 Å². The molecule has 0 aromatic heterocycles. The largest absolute Gasteiger partial charge is 0.488 e. The van der Waals surface area contributed by atoms with Gasteiger partial charge in [-0.15, -0.1) is 0 Å². The van der Waals surface area contributed by atoms with Crippen molar-refractivity contribution >= 4 is 5.91 Å². The van der Waals surface area contributed by atoms with Crippen molar-refractivity contribution in [3.8, 4) is 5.75 Å². The monoisotopic (exact) mass is 454 g/mol. The Balaban J connectivity index is 1.25. The van der Waals surface area contributed by atoms with Crippen LogP contribution < -0.4 is 4.74 Å². The lowest BCUT2D eigenvalue weighted by atomic mass is 9.88. The molecule has 3 aliphatic heterocycles. The number of benzene rings is 2. The Morgan fingerprint density at radius 1 is 1.12 bits per heavy atom. The average Bonchev–Trinajstić information content (AvgIpc) is 3.21. The Labute approximate surface area is 194 Å². The van der Waals surface area contributed by atoms with Crippen LogP contribution in [-0.2, 0) is 16.0 Å². The second-order valence-electron chi connectivity index (χ2n) is 9.27. The molecule has 0 unspecified atom stereocenters. The number of hydrogen-bond donors (Lipinski definition) is 0. The molecule has 3 fully saturated rings. The van der Waals surface area contributed by atoms with E-state index in [4.69, 9.17) is 14.2 Å². The minimum atomic E-state index is -0.398. The van der Waals surface area contributed by atoms with Crippen LogP contribution in [0, 0.1) is 5.82 Å². The summed E-state index contributed by atoms with van der Waals surface area (Å²) in [5.41, 5.74) is 1.43. The van der Waals surface area contributed by atoms with Gasteiger partial charge in [-0.25, -0.2) is 4.39 Å². The lowest BCUT2D eigenvalue weighted by Gasteiger charge is -2.40. The van der Waals surface area contributed by atoms with Crippen molar-refractivity contribution in [1.29, 1.82) is 0 Å². The molecular weight excluding hydrogens is 423 g/mol. The van der Waals surface area contributed by atoms with E-state index in [1.165, 1.54) is 12.1 Å². The summed E-state index contributed by atoms with van der Waals surface area (Å²) in [6.07, 6.45) is 2.34. The number of carbonyl (C=O) groups is 1. The molecule has 2 atom stereocenters. The predicted molar refractivity (Wildman–Crippen MR) is 122 cm³/mol. The van der Waals surface area contributed by atoms with Gasteiger partial charge in [0, 0.05) is 44.2 Å². The molecule has 1 spiro atoms. The number of carbonyl (C=O) groups excluding carboxylic acids is 1. The molecule has 0 N–H and O–H groups in total. The number of amides is 1. The van der Waals surface area contributed by atoms with Gasteiger partial charge >= 0.3 is 0 Å². The lowest BCUT2D eigenvalue weighted by Crippen LogP contribution is -2.50. The Morgan fingerprint density at radius 2 is 1.97 bits per heavy atom. The fraction of sp³-hybridized carbons (Fsp3) is 0.500. The highest BCUT2D eigenvalue weighted by atomic mass is 19.1. The predicted octanol–water partition coefficient (Wildman–Crippen LogP) is 3.50. The number of piperidine rings is 1. The SMILES string of the molecule is O=C(c1ccccc1CN1CCOCC1)N1CCC[C@]2(C[C@@H](Oc3cccc(F)c3)CO2)C1. The number of ether oxygens (including phenoxy) is 3. The Kier molecular flexibility index (Phi) is 6.62. The molecule has 7 heteroatoms. The highest BCUT2D eigenvalue weighted by molar-refractivity contribution is 5.95. The van der Waals surface area contributed by atoms with E-state index in [2.05, 4.69) is 11.0 Å². The maximum Gasteiger partial charge on any atom is 0.254 e. The van der Waals surface area contributed by atoms with E-state index in [0.717, 1.165) is 63.4 Å². The first-order valence-corrected chi connectivity index (χ1v) is 11.8. The summed E-state index contributed by atoms with van der Waals surface area (Å²) < 4.78 is 31.2. The van der Waals surface area contributed by atoms with Crippen LogP contribution in [0.25, 0.3) is 0 Å². The van der Waals surface area contributed by atoms with Crippen molar-refractivity contribution in [3.63, 3.8) is 0 Å². The third-order valence-corrected chi connectivity index (χ3v) is 6.85. The first-order valence-electron chi connectivity index (χ1n) is 11.8. The quantitative estimate of drug-likeness (QED) is 0.692. The van der Waals surface area contributed by atoms with Crippen LogP contribution in [0.5, 0.6) is 5.75 Å². The zero-order chi connectivity index (χ0) is 22.7. The van der Waals surface area contributed by atoms with Crippen LogP contribution in [-0.4, -0.2) is 73.4 Å². The molecule has 3 aliphatic rings. The van der Waals surface area contributed by atoms with Crippen LogP contribution in [0.4, 0.5) is 4.39 Å². The summed E-state index contributed by atoms with van der Waals surface area (Å²) in [5, 5.41) is 0. The van der Waals surface area contributed by atoms with Gasteiger partial charge in [-0.05, 0) is 36.6 Å². The van der Waals surface area contributed by atoms with Gasteiger partial charge < -0.3 is 19.1 Å². The first-order chi connectivity index (χ1) is 16.1. The van der Waals surface area contributed by atoms with Crippen LogP contribution in [0.2, 0.25) is 0 Å². The van der Waals surface area contributed by atoms with Gasteiger partial charge in [0.2, 0.25) is 0 Å². The lowest BCUT2D eigenvalue weighted by molar-refractivity contribution is -0.0454. The van der Waals surface area contributed by atoms with Gasteiger partial charge in [0.1, 0.15) is 17.7 Å². The zero-order valence-electron chi connectivity index (χ0n) is 18.9. The second kappa shape index (κ2) is 9.79. The summed E-state index contributed by atoms with van der Waals surface area (Å²) in [6, 6.07) is 14.1. The van der Waals surface area contributed by atoms with Crippen LogP contribution in [0.3, 0.4) is 0 Å². The van der Waals surface area contributed by atoms with Gasteiger partial charge in [0.25, 0.3) is 5.91 Å². The van der Waals surface area contributed by atoms with Crippen molar-refractivity contribution < 1.29 is 23.4 Å². The van der Waals surface area contributed by atoms with Gasteiger partial charge in [0.05, 0.1) is 32.0 Å². The first kappa shape index (κ1) is 22.3. The summed E-state index contributed by atoms with van der Waals surface area (Å²) in [7, 11) is 0. The molecule has 176 valence electrons. The number of rotatable bonds is 5. The van der Waals surface area contributed by atoms with Crippen molar-refractivity contribution in [1.82, 2.24) is 9.80 Å². The van der Waals surface area contributed by atoms with E-state index in [1.807, 2.05) is 23.1 Å². The van der Waals surface area contributed by atoms with Crippen molar-refractivity contribution in [2.75, 3.05) is 46.0 Å². The topological polar surface area (TPSA) is 51.2 Å². The van der Waals surface area contributed by atoms with Crippen molar-refractivity contribution in [2.45, 2.75) is 37.5 Å². The number of hydrogen-bond acceptors (Lipinski definition) is 5. The van der Waals surface area contributed by atoms with Crippen molar-refractivity contribution in [3.05, 3.63) is 65.5 Å². The molecule has 0 radical (unpaired) electrons. The molecule has 6 nitrogen and oxygen atoms in total. The number of halogens is 1. The third-order valence-electron chi connectivity index (χ3n) is 6.85. The summed E-state index contributed by atoms with van der Waals surface area (Å²) in [6.45, 7) is 5.73. The standard InChI is InChI=1S/C26H31FN2O4/c27-21-6-3-7-22(15-21)33-23-16-26(32-18-23)9-4-10-29(19-26)25(30)24-8-2-1-5-20(24)17-28-11-13-31-14-12-28/h1-3,5-8,15,23H,4,9-14,16-19H2/t23-,26+/m1/s1. The minimum Gasteiger partial charge on any atom is -0.488 e.